The predicted octanol–water partition coefficient (Wildman–Crippen LogP) is 3.35. The fourth-order valence-electron chi connectivity index (χ4n) is 3.87. The van der Waals surface area contributed by atoms with E-state index < -0.39 is 0 Å². The minimum Gasteiger partial charge on any atom is -0.467 e. The van der Waals surface area contributed by atoms with E-state index in [1.165, 1.54) is 38.5 Å². The number of carbonyl (C=O) groups excluding carboxylic acids is 1. The number of hydrogen-bond donors (Lipinski definition) is 1. The molecule has 2 aliphatic rings. The van der Waals surface area contributed by atoms with Crippen molar-refractivity contribution in [2.24, 2.45) is 11.1 Å². The first kappa shape index (κ1) is 16.4. The van der Waals surface area contributed by atoms with Crippen LogP contribution in [0.15, 0.2) is 16.7 Å². The summed E-state index contributed by atoms with van der Waals surface area (Å²) in [6.07, 6.45) is 10.6. The monoisotopic (exact) mass is 312 g/mol. The second-order valence-electron chi connectivity index (χ2n) is 6.40. The van der Waals surface area contributed by atoms with E-state index in [1.807, 2.05) is 4.90 Å². The number of furan rings is 1. The Kier molecular flexibility index (Phi) is 5.33. The van der Waals surface area contributed by atoms with Gasteiger partial charge in [-0.05, 0) is 37.2 Å². The number of hydrogen-bond acceptors (Lipinski definition) is 3. The summed E-state index contributed by atoms with van der Waals surface area (Å²) in [5, 5.41) is 0. The lowest BCUT2D eigenvalue weighted by molar-refractivity contribution is 0.0383. The van der Waals surface area contributed by atoms with Crippen molar-refractivity contribution in [2.75, 3.05) is 13.1 Å². The maximum absolute atomic E-state index is 12.6. The molecule has 0 bridgehead atoms. The molecule has 0 aromatic carbocycles. The second kappa shape index (κ2) is 6.84. The van der Waals surface area contributed by atoms with Gasteiger partial charge in [-0.3, -0.25) is 4.79 Å². The third kappa shape index (κ3) is 3.43. The molecule has 1 aromatic heterocycles. The third-order valence-corrected chi connectivity index (χ3v) is 4.96. The zero-order chi connectivity index (χ0) is 14.0. The first-order valence-corrected chi connectivity index (χ1v) is 7.79. The molecule has 1 aliphatic heterocycles. The van der Waals surface area contributed by atoms with Gasteiger partial charge in [0.15, 0.2) is 0 Å². The van der Waals surface area contributed by atoms with Crippen molar-refractivity contribution in [3.63, 3.8) is 0 Å². The number of likely N-dealkylation sites (tertiary alicyclic amines) is 1. The van der Waals surface area contributed by atoms with E-state index in [9.17, 15) is 4.79 Å². The first-order valence-electron chi connectivity index (χ1n) is 7.79. The van der Waals surface area contributed by atoms with Gasteiger partial charge in [-0.2, -0.15) is 0 Å². The second-order valence-corrected chi connectivity index (χ2v) is 6.40. The Bertz CT molecular complexity index is 475. The van der Waals surface area contributed by atoms with Gasteiger partial charge in [0.2, 0.25) is 0 Å². The largest absolute Gasteiger partial charge is 0.467 e. The van der Waals surface area contributed by atoms with E-state index in [-0.39, 0.29) is 18.3 Å². The number of rotatable bonds is 2. The molecule has 0 radical (unpaired) electrons. The van der Waals surface area contributed by atoms with Gasteiger partial charge in [-0.25, -0.2) is 0 Å². The van der Waals surface area contributed by atoms with Crippen molar-refractivity contribution in [1.29, 1.82) is 0 Å². The lowest BCUT2D eigenvalue weighted by atomic mass is 9.69. The average molecular weight is 313 g/mol. The average Bonchev–Trinajstić information content (AvgIpc) is 2.96. The standard InChI is InChI=1S/C16H24N2O2.ClH/c17-10-14-9-13(11-20-14)15(19)18-8-4-7-16(12-18)5-2-1-3-6-16;/h9,11H,1-8,10,12,17H2;1H. The molecule has 1 spiro atoms. The third-order valence-electron chi connectivity index (χ3n) is 4.96. The van der Waals surface area contributed by atoms with Gasteiger partial charge in [0.05, 0.1) is 12.1 Å². The number of piperidine rings is 1. The summed E-state index contributed by atoms with van der Waals surface area (Å²) in [4.78, 5) is 14.6. The number of amides is 1. The van der Waals surface area contributed by atoms with Crippen molar-refractivity contribution in [1.82, 2.24) is 4.90 Å². The minimum atomic E-state index is 0. The van der Waals surface area contributed by atoms with Crippen molar-refractivity contribution < 1.29 is 9.21 Å². The summed E-state index contributed by atoms with van der Waals surface area (Å²) in [5.74, 6) is 0.788. The van der Waals surface area contributed by atoms with Crippen LogP contribution in [-0.2, 0) is 6.54 Å². The van der Waals surface area contributed by atoms with Crippen molar-refractivity contribution in [2.45, 2.75) is 51.5 Å². The molecular formula is C16H25ClN2O2. The molecule has 1 saturated heterocycles. The summed E-state index contributed by atoms with van der Waals surface area (Å²) in [7, 11) is 0. The van der Waals surface area contributed by atoms with E-state index in [4.69, 9.17) is 10.2 Å². The van der Waals surface area contributed by atoms with Gasteiger partial charge in [-0.1, -0.05) is 19.3 Å². The van der Waals surface area contributed by atoms with E-state index in [2.05, 4.69) is 0 Å². The highest BCUT2D eigenvalue weighted by Gasteiger charge is 2.38. The predicted molar refractivity (Wildman–Crippen MR) is 84.5 cm³/mol. The van der Waals surface area contributed by atoms with Crippen molar-refractivity contribution in [3.05, 3.63) is 23.7 Å². The normalized spacial score (nSPS) is 21.1. The lowest BCUT2D eigenvalue weighted by Crippen LogP contribution is -2.46. The van der Waals surface area contributed by atoms with Gasteiger partial charge >= 0.3 is 0 Å². The van der Waals surface area contributed by atoms with Gasteiger partial charge in [0, 0.05) is 13.1 Å². The van der Waals surface area contributed by atoms with Crippen LogP contribution in [0.1, 0.15) is 61.1 Å². The fraction of sp³-hybridized carbons (Fsp3) is 0.688. The van der Waals surface area contributed by atoms with Crippen LogP contribution in [0.2, 0.25) is 0 Å². The molecule has 0 unspecified atom stereocenters. The molecule has 2 N–H and O–H groups in total. The van der Waals surface area contributed by atoms with Crippen molar-refractivity contribution in [3.8, 4) is 0 Å². The molecule has 1 amide bonds. The smallest absolute Gasteiger partial charge is 0.257 e. The van der Waals surface area contributed by atoms with Crippen LogP contribution in [0.4, 0.5) is 0 Å². The van der Waals surface area contributed by atoms with Crippen LogP contribution >= 0.6 is 12.4 Å². The van der Waals surface area contributed by atoms with Gasteiger partial charge in [-0.15, -0.1) is 12.4 Å². The molecule has 2 fully saturated rings. The van der Waals surface area contributed by atoms with Crippen LogP contribution < -0.4 is 5.73 Å². The Morgan fingerprint density at radius 2 is 1.95 bits per heavy atom. The Morgan fingerprint density at radius 1 is 1.24 bits per heavy atom. The zero-order valence-corrected chi connectivity index (χ0v) is 13.3. The highest BCUT2D eigenvalue weighted by Crippen LogP contribution is 2.43. The van der Waals surface area contributed by atoms with E-state index in [0.29, 0.717) is 23.3 Å². The van der Waals surface area contributed by atoms with Crippen molar-refractivity contribution >= 4 is 18.3 Å². The SMILES string of the molecule is Cl.NCc1cc(C(=O)N2CCCC3(CCCCC3)C2)co1. The van der Waals surface area contributed by atoms with Gasteiger partial charge in [0.25, 0.3) is 5.91 Å². The molecule has 4 nitrogen and oxygen atoms in total. The molecule has 118 valence electrons. The van der Waals surface area contributed by atoms with Crippen LogP contribution in [0.5, 0.6) is 0 Å². The molecule has 2 heterocycles. The van der Waals surface area contributed by atoms with E-state index in [1.54, 1.807) is 12.3 Å². The summed E-state index contributed by atoms with van der Waals surface area (Å²) in [6.45, 7) is 2.15. The molecule has 3 rings (SSSR count). The topological polar surface area (TPSA) is 59.5 Å². The number of nitrogens with two attached hydrogens (primary N) is 1. The number of carbonyl (C=O) groups is 1. The van der Waals surface area contributed by atoms with Gasteiger partial charge in [0.1, 0.15) is 12.0 Å². The van der Waals surface area contributed by atoms with E-state index in [0.717, 1.165) is 19.5 Å². The Morgan fingerprint density at radius 3 is 2.62 bits per heavy atom. The molecule has 1 aliphatic carbocycles. The van der Waals surface area contributed by atoms with E-state index >= 15 is 0 Å². The zero-order valence-electron chi connectivity index (χ0n) is 12.5. The Balaban J connectivity index is 0.00000161. The molecule has 0 atom stereocenters. The molecule has 5 heteroatoms. The fourth-order valence-corrected chi connectivity index (χ4v) is 3.87. The summed E-state index contributed by atoms with van der Waals surface area (Å²) in [5.41, 5.74) is 6.58. The summed E-state index contributed by atoms with van der Waals surface area (Å²) in [6, 6.07) is 1.78. The minimum absolute atomic E-state index is 0. The molecule has 1 aromatic rings. The molecular weight excluding hydrogens is 288 g/mol. The molecule has 21 heavy (non-hydrogen) atoms. The highest BCUT2D eigenvalue weighted by atomic mass is 35.5. The summed E-state index contributed by atoms with van der Waals surface area (Å²) >= 11 is 0. The molecule has 1 saturated carbocycles. The Labute approximate surface area is 132 Å². The quantitative estimate of drug-likeness (QED) is 0.911. The maximum atomic E-state index is 12.6. The van der Waals surface area contributed by atoms with Crippen LogP contribution in [0.25, 0.3) is 0 Å². The van der Waals surface area contributed by atoms with Crippen LogP contribution in [0, 0.1) is 5.41 Å². The summed E-state index contributed by atoms with van der Waals surface area (Å²) < 4.78 is 5.29. The Hall–Kier alpha value is -1.00. The van der Waals surface area contributed by atoms with Gasteiger partial charge < -0.3 is 15.1 Å². The van der Waals surface area contributed by atoms with Crippen LogP contribution in [-0.4, -0.2) is 23.9 Å². The number of halogens is 1. The lowest BCUT2D eigenvalue weighted by Gasteiger charge is -2.45. The van der Waals surface area contributed by atoms with Crippen LogP contribution in [0.3, 0.4) is 0 Å². The highest BCUT2D eigenvalue weighted by molar-refractivity contribution is 5.94. The number of nitrogens with zero attached hydrogens (tertiary/aromatic N) is 1. The maximum Gasteiger partial charge on any atom is 0.257 e. The first-order chi connectivity index (χ1) is 9.72.